The molecular weight excluding hydrogens is 416 g/mol. The second-order valence-electron chi connectivity index (χ2n) is 7.78. The summed E-state index contributed by atoms with van der Waals surface area (Å²) in [7, 11) is 1.53. The van der Waals surface area contributed by atoms with Crippen molar-refractivity contribution in [2.75, 3.05) is 19.0 Å². The molecule has 0 spiro atoms. The molecule has 0 saturated heterocycles. The van der Waals surface area contributed by atoms with Gasteiger partial charge in [-0.1, -0.05) is 26.0 Å². The van der Waals surface area contributed by atoms with E-state index in [9.17, 15) is 13.6 Å². The Morgan fingerprint density at radius 2 is 1.84 bits per heavy atom. The zero-order chi connectivity index (χ0) is 22.8. The van der Waals surface area contributed by atoms with Crippen molar-refractivity contribution in [3.05, 3.63) is 76.3 Å². The molecule has 166 valence electrons. The Morgan fingerprint density at radius 1 is 1.12 bits per heavy atom. The van der Waals surface area contributed by atoms with Crippen molar-refractivity contribution in [1.29, 1.82) is 0 Å². The van der Waals surface area contributed by atoms with Gasteiger partial charge in [0.2, 0.25) is 5.95 Å². The van der Waals surface area contributed by atoms with Crippen LogP contribution in [0.1, 0.15) is 19.4 Å². The first-order valence-electron chi connectivity index (χ1n) is 10.2. The van der Waals surface area contributed by atoms with Crippen LogP contribution in [0.4, 0.5) is 14.7 Å². The molecule has 0 aliphatic rings. The number of nitrogens with one attached hydrogen (secondary N) is 1. The van der Waals surface area contributed by atoms with Crippen LogP contribution in [0.5, 0.6) is 5.75 Å². The lowest BCUT2D eigenvalue weighted by Crippen LogP contribution is -2.24. The highest BCUT2D eigenvalue weighted by atomic mass is 19.1. The van der Waals surface area contributed by atoms with E-state index in [1.54, 1.807) is 24.3 Å². The van der Waals surface area contributed by atoms with E-state index < -0.39 is 17.3 Å². The minimum atomic E-state index is -0.727. The average molecular weight is 439 g/mol. The Morgan fingerprint density at radius 3 is 2.53 bits per heavy atom. The molecule has 0 aliphatic heterocycles. The summed E-state index contributed by atoms with van der Waals surface area (Å²) < 4.78 is 36.6. The van der Waals surface area contributed by atoms with E-state index in [1.165, 1.54) is 28.5 Å². The minimum absolute atomic E-state index is 0.207. The van der Waals surface area contributed by atoms with Crippen LogP contribution in [0, 0.1) is 17.6 Å². The highest BCUT2D eigenvalue weighted by Gasteiger charge is 2.20. The number of ether oxygens (including phenoxy) is 1. The molecule has 7 nitrogen and oxygen atoms in total. The third-order valence-electron chi connectivity index (χ3n) is 5.03. The van der Waals surface area contributed by atoms with Crippen molar-refractivity contribution in [2.24, 2.45) is 5.92 Å². The molecule has 32 heavy (non-hydrogen) atoms. The van der Waals surface area contributed by atoms with Crippen LogP contribution < -0.4 is 15.7 Å². The largest absolute Gasteiger partial charge is 0.497 e. The smallest absolute Gasteiger partial charge is 0.335 e. The Balaban J connectivity index is 1.92. The number of hydrogen-bond acceptors (Lipinski definition) is 5. The summed E-state index contributed by atoms with van der Waals surface area (Å²) in [5.41, 5.74) is 0.491. The first-order valence-corrected chi connectivity index (χ1v) is 10.2. The summed E-state index contributed by atoms with van der Waals surface area (Å²) in [6, 6.07) is 10.5. The van der Waals surface area contributed by atoms with E-state index in [0.717, 1.165) is 12.1 Å². The van der Waals surface area contributed by atoms with Crippen molar-refractivity contribution < 1.29 is 13.5 Å². The fourth-order valence-corrected chi connectivity index (χ4v) is 3.39. The normalized spacial score (nSPS) is 11.3. The first kappa shape index (κ1) is 21.5. The van der Waals surface area contributed by atoms with Crippen molar-refractivity contribution in [1.82, 2.24) is 19.1 Å². The number of aromatic nitrogens is 4. The van der Waals surface area contributed by atoms with Crippen LogP contribution in [0.3, 0.4) is 0 Å². The predicted molar refractivity (Wildman–Crippen MR) is 118 cm³/mol. The average Bonchev–Trinajstić information content (AvgIpc) is 3.05. The summed E-state index contributed by atoms with van der Waals surface area (Å²) in [6.45, 7) is 4.46. The molecular formula is C23H23F2N5O2. The van der Waals surface area contributed by atoms with Gasteiger partial charge in [0.25, 0.3) is 0 Å². The lowest BCUT2D eigenvalue weighted by Gasteiger charge is -2.08. The number of benzene rings is 2. The second-order valence-corrected chi connectivity index (χ2v) is 7.78. The molecule has 0 bridgehead atoms. The van der Waals surface area contributed by atoms with Gasteiger partial charge in [0.05, 0.1) is 25.5 Å². The van der Waals surface area contributed by atoms with E-state index >= 15 is 0 Å². The van der Waals surface area contributed by atoms with Crippen molar-refractivity contribution in [3.8, 4) is 11.4 Å². The van der Waals surface area contributed by atoms with Gasteiger partial charge >= 0.3 is 5.69 Å². The molecule has 4 aromatic rings. The van der Waals surface area contributed by atoms with Crippen LogP contribution in [-0.4, -0.2) is 32.8 Å². The van der Waals surface area contributed by atoms with Crippen LogP contribution >= 0.6 is 0 Å². The maximum atomic E-state index is 14.3. The van der Waals surface area contributed by atoms with Gasteiger partial charge in [-0.3, -0.25) is 4.57 Å². The molecule has 0 fully saturated rings. The standard InChI is InChI=1S/C23H23F2N5O2/c1-14(2)11-26-22-27-12-20-21(28-22)30(15-6-4-7-16(10-15)32-3)23(31)29(20)13-17-18(24)8-5-9-19(17)25/h4-10,12,14H,11,13H2,1-3H3,(H,26,27,28). The molecule has 0 radical (unpaired) electrons. The Hall–Kier alpha value is -3.75. The zero-order valence-electron chi connectivity index (χ0n) is 18.0. The quantitative estimate of drug-likeness (QED) is 0.472. The fraction of sp³-hybridized carbons (Fsp3) is 0.261. The molecule has 0 saturated carbocycles. The van der Waals surface area contributed by atoms with Gasteiger partial charge in [-0.2, -0.15) is 4.98 Å². The number of rotatable bonds is 7. The molecule has 2 heterocycles. The first-order chi connectivity index (χ1) is 15.4. The third-order valence-corrected chi connectivity index (χ3v) is 5.03. The van der Waals surface area contributed by atoms with Crippen molar-refractivity contribution in [3.63, 3.8) is 0 Å². The number of fused-ring (bicyclic) bond motifs is 1. The van der Waals surface area contributed by atoms with Crippen LogP contribution in [0.2, 0.25) is 0 Å². The summed E-state index contributed by atoms with van der Waals surface area (Å²) in [4.78, 5) is 22.3. The van der Waals surface area contributed by atoms with E-state index in [4.69, 9.17) is 4.74 Å². The number of anilines is 1. The van der Waals surface area contributed by atoms with E-state index in [2.05, 4.69) is 29.1 Å². The number of hydrogen-bond donors (Lipinski definition) is 1. The molecule has 4 rings (SSSR count). The molecule has 0 aliphatic carbocycles. The molecule has 0 amide bonds. The predicted octanol–water partition coefficient (Wildman–Crippen LogP) is 3.99. The molecule has 0 unspecified atom stereocenters. The number of halogens is 2. The van der Waals surface area contributed by atoms with E-state index in [0.29, 0.717) is 41.0 Å². The maximum absolute atomic E-state index is 14.3. The van der Waals surface area contributed by atoms with Gasteiger partial charge in [0.15, 0.2) is 5.65 Å². The van der Waals surface area contributed by atoms with Gasteiger partial charge in [-0.15, -0.1) is 0 Å². The number of imidazole rings is 1. The van der Waals surface area contributed by atoms with E-state index in [-0.39, 0.29) is 12.1 Å². The van der Waals surface area contributed by atoms with Crippen LogP contribution in [0.25, 0.3) is 16.9 Å². The molecule has 2 aromatic heterocycles. The maximum Gasteiger partial charge on any atom is 0.335 e. The third kappa shape index (κ3) is 4.05. The molecule has 1 N–H and O–H groups in total. The van der Waals surface area contributed by atoms with Crippen LogP contribution in [0.15, 0.2) is 53.5 Å². The summed E-state index contributed by atoms with van der Waals surface area (Å²) >= 11 is 0. The highest BCUT2D eigenvalue weighted by molar-refractivity contribution is 5.74. The molecule has 9 heteroatoms. The summed E-state index contributed by atoms with van der Waals surface area (Å²) in [5, 5.41) is 3.14. The fourth-order valence-electron chi connectivity index (χ4n) is 3.39. The van der Waals surface area contributed by atoms with Gasteiger partial charge in [0.1, 0.15) is 22.9 Å². The highest BCUT2D eigenvalue weighted by Crippen LogP contribution is 2.22. The van der Waals surface area contributed by atoms with Crippen molar-refractivity contribution >= 4 is 17.1 Å². The van der Waals surface area contributed by atoms with Crippen LogP contribution in [-0.2, 0) is 6.54 Å². The number of nitrogens with zero attached hydrogens (tertiary/aromatic N) is 4. The SMILES string of the molecule is COc1cccc(-n2c(=O)n(Cc3c(F)cccc3F)c3cnc(NCC(C)C)nc32)c1. The van der Waals surface area contributed by atoms with Gasteiger partial charge in [-0.05, 0) is 30.2 Å². The van der Waals surface area contributed by atoms with Gasteiger partial charge in [0, 0.05) is 18.2 Å². The second kappa shape index (κ2) is 8.78. The van der Waals surface area contributed by atoms with Crippen molar-refractivity contribution in [2.45, 2.75) is 20.4 Å². The monoisotopic (exact) mass is 439 g/mol. The number of methoxy groups -OCH3 is 1. The molecule has 0 atom stereocenters. The Bertz CT molecular complexity index is 1310. The minimum Gasteiger partial charge on any atom is -0.497 e. The van der Waals surface area contributed by atoms with Gasteiger partial charge in [-0.25, -0.2) is 23.1 Å². The lowest BCUT2D eigenvalue weighted by atomic mass is 10.2. The molecule has 2 aromatic carbocycles. The van der Waals surface area contributed by atoms with Gasteiger partial charge < -0.3 is 10.1 Å². The summed E-state index contributed by atoms with van der Waals surface area (Å²) in [5.74, 6) is -0.172. The zero-order valence-corrected chi connectivity index (χ0v) is 18.0. The van der Waals surface area contributed by atoms with E-state index in [1.807, 2.05) is 0 Å². The lowest BCUT2D eigenvalue weighted by molar-refractivity contribution is 0.414. The Labute approximate surface area is 183 Å². The Kier molecular flexibility index (Phi) is 5.89. The summed E-state index contributed by atoms with van der Waals surface area (Å²) in [6.07, 6.45) is 1.49. The topological polar surface area (TPSA) is 74.0 Å².